The average Bonchev–Trinajstić information content (AvgIpc) is 2.33. The predicted octanol–water partition coefficient (Wildman–Crippen LogP) is 1.09. The lowest BCUT2D eigenvalue weighted by Gasteiger charge is -1.95. The monoisotopic (exact) mass is 155 g/mol. The second-order valence-corrected chi connectivity index (χ2v) is 2.22. The summed E-state index contributed by atoms with van der Waals surface area (Å²) in [4.78, 5) is 4.24. The van der Waals surface area contributed by atoms with E-state index in [1.54, 1.807) is 0 Å². The van der Waals surface area contributed by atoms with Gasteiger partial charge in [-0.05, 0) is 27.8 Å². The molecular weight excluding hydrogens is 138 g/mol. The fourth-order valence-corrected chi connectivity index (χ4v) is 0.987. The standard InChI is InChI=1S/C7H12N2.CH5N/c1-4-9-5-6(2)8-7(9)3;1-2/h5H,4H2,1-3H3;2H2,1H3. The van der Waals surface area contributed by atoms with Gasteiger partial charge in [0.2, 0.25) is 0 Å². The third kappa shape index (κ3) is 2.72. The number of rotatable bonds is 1. The Morgan fingerprint density at radius 3 is 2.18 bits per heavy atom. The summed E-state index contributed by atoms with van der Waals surface area (Å²) in [5, 5.41) is 0. The zero-order chi connectivity index (χ0) is 8.85. The summed E-state index contributed by atoms with van der Waals surface area (Å²) in [6, 6.07) is 0. The topological polar surface area (TPSA) is 43.8 Å². The fraction of sp³-hybridized carbons (Fsp3) is 0.625. The van der Waals surface area contributed by atoms with E-state index in [0.29, 0.717) is 0 Å². The van der Waals surface area contributed by atoms with E-state index in [2.05, 4.69) is 28.4 Å². The first-order valence-corrected chi connectivity index (χ1v) is 3.82. The molecule has 0 spiro atoms. The van der Waals surface area contributed by atoms with Gasteiger partial charge >= 0.3 is 0 Å². The van der Waals surface area contributed by atoms with E-state index in [1.165, 1.54) is 7.05 Å². The van der Waals surface area contributed by atoms with Crippen molar-refractivity contribution in [3.05, 3.63) is 17.7 Å². The maximum absolute atomic E-state index is 4.50. The Labute approximate surface area is 68.2 Å². The summed E-state index contributed by atoms with van der Waals surface area (Å²) in [5.41, 5.74) is 5.61. The Morgan fingerprint density at radius 2 is 2.00 bits per heavy atom. The lowest BCUT2D eigenvalue weighted by molar-refractivity contribution is 0.730. The van der Waals surface area contributed by atoms with Gasteiger partial charge in [0.25, 0.3) is 0 Å². The van der Waals surface area contributed by atoms with Gasteiger partial charge in [0.05, 0.1) is 5.69 Å². The molecule has 0 amide bonds. The van der Waals surface area contributed by atoms with Crippen molar-refractivity contribution in [1.29, 1.82) is 0 Å². The van der Waals surface area contributed by atoms with Crippen molar-refractivity contribution in [3.8, 4) is 0 Å². The van der Waals surface area contributed by atoms with Crippen LogP contribution in [0.25, 0.3) is 0 Å². The molecule has 0 saturated carbocycles. The Bertz CT molecular complexity index is 203. The molecule has 1 aromatic heterocycles. The van der Waals surface area contributed by atoms with Crippen LogP contribution in [0.2, 0.25) is 0 Å². The van der Waals surface area contributed by atoms with E-state index < -0.39 is 0 Å². The molecule has 0 unspecified atom stereocenters. The highest BCUT2D eigenvalue weighted by Gasteiger charge is 1.94. The summed E-state index contributed by atoms with van der Waals surface area (Å²) >= 11 is 0. The summed E-state index contributed by atoms with van der Waals surface area (Å²) in [5.74, 6) is 1.11. The van der Waals surface area contributed by atoms with Crippen molar-refractivity contribution < 1.29 is 0 Å². The number of nitrogens with two attached hydrogens (primary N) is 1. The largest absolute Gasteiger partial charge is 0.335 e. The van der Waals surface area contributed by atoms with E-state index in [0.717, 1.165) is 18.1 Å². The van der Waals surface area contributed by atoms with Gasteiger partial charge in [-0.25, -0.2) is 4.98 Å². The van der Waals surface area contributed by atoms with Crippen molar-refractivity contribution in [2.75, 3.05) is 7.05 Å². The smallest absolute Gasteiger partial charge is 0.105 e. The van der Waals surface area contributed by atoms with E-state index >= 15 is 0 Å². The van der Waals surface area contributed by atoms with Gasteiger partial charge < -0.3 is 10.3 Å². The molecule has 0 aliphatic rings. The van der Waals surface area contributed by atoms with Gasteiger partial charge in [0.15, 0.2) is 0 Å². The normalized spacial score (nSPS) is 8.82. The van der Waals surface area contributed by atoms with E-state index in [4.69, 9.17) is 0 Å². The van der Waals surface area contributed by atoms with Crippen molar-refractivity contribution in [2.45, 2.75) is 27.3 Å². The van der Waals surface area contributed by atoms with Gasteiger partial charge in [-0.3, -0.25) is 0 Å². The van der Waals surface area contributed by atoms with Crippen molar-refractivity contribution >= 4 is 0 Å². The highest BCUT2D eigenvalue weighted by molar-refractivity contribution is 4.99. The molecule has 1 rings (SSSR count). The molecule has 0 aliphatic carbocycles. The van der Waals surface area contributed by atoms with Gasteiger partial charge in [-0.1, -0.05) is 0 Å². The number of imidazole rings is 1. The molecule has 1 aromatic rings. The minimum absolute atomic E-state index is 1.02. The molecule has 3 heteroatoms. The van der Waals surface area contributed by atoms with Crippen LogP contribution >= 0.6 is 0 Å². The molecular formula is C8H17N3. The first-order valence-electron chi connectivity index (χ1n) is 3.82. The summed E-state index contributed by atoms with van der Waals surface area (Å²) in [6.45, 7) is 7.18. The SMILES string of the molecule is CCn1cc(C)nc1C.CN. The number of nitrogens with zero attached hydrogens (tertiary/aromatic N) is 2. The van der Waals surface area contributed by atoms with E-state index in [-0.39, 0.29) is 0 Å². The van der Waals surface area contributed by atoms with Gasteiger partial charge in [0, 0.05) is 12.7 Å². The highest BCUT2D eigenvalue weighted by atomic mass is 15.1. The Balaban J connectivity index is 0.000000461. The number of hydrogen-bond acceptors (Lipinski definition) is 2. The molecule has 64 valence electrons. The molecule has 1 heterocycles. The third-order valence-electron chi connectivity index (χ3n) is 1.44. The Hall–Kier alpha value is -0.830. The molecule has 0 fully saturated rings. The van der Waals surface area contributed by atoms with E-state index in [1.807, 2.05) is 13.8 Å². The maximum Gasteiger partial charge on any atom is 0.105 e. The molecule has 0 bridgehead atoms. The predicted molar refractivity (Wildman–Crippen MR) is 47.5 cm³/mol. The van der Waals surface area contributed by atoms with Crippen LogP contribution in [0.1, 0.15) is 18.4 Å². The van der Waals surface area contributed by atoms with Crippen molar-refractivity contribution in [1.82, 2.24) is 9.55 Å². The van der Waals surface area contributed by atoms with Crippen LogP contribution in [0.5, 0.6) is 0 Å². The third-order valence-corrected chi connectivity index (χ3v) is 1.44. The minimum atomic E-state index is 1.02. The number of aryl methyl sites for hydroxylation is 3. The van der Waals surface area contributed by atoms with Crippen molar-refractivity contribution in [2.24, 2.45) is 5.73 Å². The second kappa shape index (κ2) is 4.91. The van der Waals surface area contributed by atoms with Gasteiger partial charge in [0.1, 0.15) is 5.82 Å². The Morgan fingerprint density at radius 1 is 1.45 bits per heavy atom. The quantitative estimate of drug-likeness (QED) is 0.660. The lowest BCUT2D eigenvalue weighted by atomic mass is 10.6. The minimum Gasteiger partial charge on any atom is -0.335 e. The molecule has 0 aliphatic heterocycles. The maximum atomic E-state index is 4.50. The van der Waals surface area contributed by atoms with Crippen LogP contribution in [0.15, 0.2) is 6.20 Å². The highest BCUT2D eigenvalue weighted by Crippen LogP contribution is 1.98. The zero-order valence-electron chi connectivity index (χ0n) is 7.76. The number of hydrogen-bond donors (Lipinski definition) is 1. The Kier molecular flexibility index (Phi) is 4.54. The first-order chi connectivity index (χ1) is 5.24. The molecule has 2 N–H and O–H groups in total. The average molecular weight is 155 g/mol. The zero-order valence-corrected chi connectivity index (χ0v) is 7.76. The molecule has 0 atom stereocenters. The lowest BCUT2D eigenvalue weighted by Crippen LogP contribution is -1.93. The van der Waals surface area contributed by atoms with Crippen LogP contribution in [0, 0.1) is 13.8 Å². The van der Waals surface area contributed by atoms with Crippen LogP contribution in [-0.4, -0.2) is 16.6 Å². The molecule has 3 nitrogen and oxygen atoms in total. The fourth-order valence-electron chi connectivity index (χ4n) is 0.987. The molecule has 0 saturated heterocycles. The van der Waals surface area contributed by atoms with Crippen LogP contribution < -0.4 is 5.73 Å². The molecule has 0 radical (unpaired) electrons. The van der Waals surface area contributed by atoms with Crippen LogP contribution in [-0.2, 0) is 6.54 Å². The van der Waals surface area contributed by atoms with E-state index in [9.17, 15) is 0 Å². The van der Waals surface area contributed by atoms with Crippen LogP contribution in [0.4, 0.5) is 0 Å². The molecule has 0 aromatic carbocycles. The van der Waals surface area contributed by atoms with Crippen molar-refractivity contribution in [3.63, 3.8) is 0 Å². The van der Waals surface area contributed by atoms with Crippen LogP contribution in [0.3, 0.4) is 0 Å². The summed E-state index contributed by atoms with van der Waals surface area (Å²) < 4.78 is 2.13. The second-order valence-electron chi connectivity index (χ2n) is 2.22. The molecule has 11 heavy (non-hydrogen) atoms. The summed E-state index contributed by atoms with van der Waals surface area (Å²) in [6.07, 6.45) is 2.06. The van der Waals surface area contributed by atoms with Gasteiger partial charge in [-0.15, -0.1) is 0 Å². The number of aromatic nitrogens is 2. The summed E-state index contributed by atoms with van der Waals surface area (Å²) in [7, 11) is 1.50. The first kappa shape index (κ1) is 10.2. The van der Waals surface area contributed by atoms with Gasteiger partial charge in [-0.2, -0.15) is 0 Å².